The lowest BCUT2D eigenvalue weighted by atomic mass is 10.1. The minimum Gasteiger partial charge on any atom is -0.424 e. The molecule has 0 radical (unpaired) electrons. The van der Waals surface area contributed by atoms with Gasteiger partial charge in [0.25, 0.3) is 0 Å². The summed E-state index contributed by atoms with van der Waals surface area (Å²) in [7, 11) is -3.85. The average Bonchev–Trinajstić information content (AvgIpc) is 3.09. The van der Waals surface area contributed by atoms with Crippen LogP contribution in [0.4, 0.5) is 0 Å². The highest BCUT2D eigenvalue weighted by atomic mass is 35.5. The Hall–Kier alpha value is -2.13. The number of nitrogens with one attached hydrogen (secondary N) is 1. The van der Waals surface area contributed by atoms with Gasteiger partial charge in [0.05, 0.1) is 21.0 Å². The van der Waals surface area contributed by atoms with Gasteiger partial charge in [-0.3, -0.25) is 4.57 Å². The molecular formula is C20H22Cl2N4O3S. The molecule has 0 unspecified atom stereocenters. The normalized spacial score (nSPS) is 12.7. The van der Waals surface area contributed by atoms with Crippen LogP contribution in [-0.2, 0) is 16.6 Å². The lowest BCUT2D eigenvalue weighted by Crippen LogP contribution is -2.29. The summed E-state index contributed by atoms with van der Waals surface area (Å²) >= 11 is 11.8. The number of aromatic nitrogens is 3. The van der Waals surface area contributed by atoms with E-state index in [1.54, 1.807) is 11.5 Å². The SMILES string of the molecule is CCn1c(Oc2ccc(C)c(C)c2)nnc1[C@@H](C)NS(=O)(=O)c1ccc(Cl)c(Cl)c1. The highest BCUT2D eigenvalue weighted by Crippen LogP contribution is 2.27. The Morgan fingerprint density at radius 2 is 1.80 bits per heavy atom. The van der Waals surface area contributed by atoms with Crippen LogP contribution in [-0.4, -0.2) is 23.2 Å². The molecule has 1 aromatic heterocycles. The maximum Gasteiger partial charge on any atom is 0.322 e. The molecule has 0 amide bonds. The van der Waals surface area contributed by atoms with Gasteiger partial charge in [-0.05, 0) is 69.2 Å². The molecule has 0 aliphatic rings. The molecule has 0 spiro atoms. The highest BCUT2D eigenvalue weighted by Gasteiger charge is 2.24. The van der Waals surface area contributed by atoms with E-state index >= 15 is 0 Å². The summed E-state index contributed by atoms with van der Waals surface area (Å²) in [6, 6.07) is 9.50. The van der Waals surface area contributed by atoms with Crippen LogP contribution in [0.2, 0.25) is 10.0 Å². The number of rotatable bonds is 7. The number of halogens is 2. The lowest BCUT2D eigenvalue weighted by molar-refractivity contribution is 0.407. The third-order valence-corrected chi connectivity index (χ3v) is 6.95. The number of aryl methyl sites for hydroxylation is 2. The van der Waals surface area contributed by atoms with Gasteiger partial charge in [-0.1, -0.05) is 34.4 Å². The fourth-order valence-corrected chi connectivity index (χ4v) is 4.46. The van der Waals surface area contributed by atoms with Crippen LogP contribution in [0.1, 0.15) is 36.8 Å². The van der Waals surface area contributed by atoms with Crippen molar-refractivity contribution in [2.45, 2.75) is 45.2 Å². The van der Waals surface area contributed by atoms with Crippen LogP contribution >= 0.6 is 23.2 Å². The summed E-state index contributed by atoms with van der Waals surface area (Å²) in [5, 5.41) is 8.69. The van der Waals surface area contributed by atoms with E-state index in [9.17, 15) is 8.42 Å². The van der Waals surface area contributed by atoms with Crippen LogP contribution in [0.25, 0.3) is 0 Å². The van der Waals surface area contributed by atoms with Crippen molar-refractivity contribution < 1.29 is 13.2 Å². The molecule has 2 aromatic carbocycles. The second kappa shape index (κ2) is 8.93. The Balaban J connectivity index is 1.84. The standard InChI is InChI=1S/C20H22Cl2N4O3S/c1-5-26-19(23-24-20(26)29-15-7-6-12(2)13(3)10-15)14(4)25-30(27,28)16-8-9-17(21)18(22)11-16/h6-11,14,25H,5H2,1-4H3/t14-/m1/s1. The predicted molar refractivity (Wildman–Crippen MR) is 117 cm³/mol. The van der Waals surface area contributed by atoms with Gasteiger partial charge in [0, 0.05) is 6.54 Å². The first kappa shape index (κ1) is 22.6. The van der Waals surface area contributed by atoms with Crippen LogP contribution in [0.5, 0.6) is 11.8 Å². The van der Waals surface area contributed by atoms with Crippen molar-refractivity contribution in [3.8, 4) is 11.8 Å². The van der Waals surface area contributed by atoms with E-state index in [0.717, 1.165) is 11.1 Å². The molecule has 0 bridgehead atoms. The van der Waals surface area contributed by atoms with Gasteiger partial charge in [0.2, 0.25) is 10.0 Å². The van der Waals surface area contributed by atoms with Gasteiger partial charge in [-0.25, -0.2) is 13.1 Å². The molecule has 0 saturated carbocycles. The second-order valence-corrected chi connectivity index (χ2v) is 9.38. The Labute approximate surface area is 186 Å². The molecular weight excluding hydrogens is 447 g/mol. The molecule has 30 heavy (non-hydrogen) atoms. The van der Waals surface area contributed by atoms with Gasteiger partial charge in [-0.2, -0.15) is 0 Å². The smallest absolute Gasteiger partial charge is 0.322 e. The van der Waals surface area contributed by atoms with E-state index in [-0.39, 0.29) is 21.0 Å². The molecule has 1 N–H and O–H groups in total. The Morgan fingerprint density at radius 1 is 1.07 bits per heavy atom. The molecule has 0 saturated heterocycles. The maximum atomic E-state index is 12.7. The topological polar surface area (TPSA) is 86.1 Å². The fraction of sp³-hybridized carbons (Fsp3) is 0.300. The van der Waals surface area contributed by atoms with Crippen LogP contribution in [0.15, 0.2) is 41.3 Å². The van der Waals surface area contributed by atoms with Crippen molar-refractivity contribution in [1.29, 1.82) is 0 Å². The number of sulfonamides is 1. The molecule has 3 aromatic rings. The number of nitrogens with zero attached hydrogens (tertiary/aromatic N) is 3. The number of hydrogen-bond acceptors (Lipinski definition) is 5. The summed E-state index contributed by atoms with van der Waals surface area (Å²) in [4.78, 5) is 0.0120. The van der Waals surface area contributed by atoms with Crippen molar-refractivity contribution in [3.05, 3.63) is 63.4 Å². The van der Waals surface area contributed by atoms with Crippen molar-refractivity contribution in [1.82, 2.24) is 19.5 Å². The highest BCUT2D eigenvalue weighted by molar-refractivity contribution is 7.89. The number of benzene rings is 2. The van der Waals surface area contributed by atoms with Crippen LogP contribution in [0.3, 0.4) is 0 Å². The Kier molecular flexibility index (Phi) is 6.71. The monoisotopic (exact) mass is 468 g/mol. The first-order valence-electron chi connectivity index (χ1n) is 9.28. The summed E-state index contributed by atoms with van der Waals surface area (Å²) in [5.74, 6) is 1.07. The van der Waals surface area contributed by atoms with Gasteiger partial charge in [-0.15, -0.1) is 5.10 Å². The molecule has 7 nitrogen and oxygen atoms in total. The molecule has 10 heteroatoms. The van der Waals surface area contributed by atoms with Crippen molar-refractivity contribution in [2.24, 2.45) is 0 Å². The maximum absolute atomic E-state index is 12.7. The van der Waals surface area contributed by atoms with Crippen molar-refractivity contribution in [2.75, 3.05) is 0 Å². The van der Waals surface area contributed by atoms with Crippen molar-refractivity contribution >= 4 is 33.2 Å². The second-order valence-electron chi connectivity index (χ2n) is 6.85. The predicted octanol–water partition coefficient (Wildman–Crippen LogP) is 5.05. The molecule has 3 rings (SSSR count). The minimum atomic E-state index is -3.85. The van der Waals surface area contributed by atoms with E-state index in [2.05, 4.69) is 14.9 Å². The summed E-state index contributed by atoms with van der Waals surface area (Å²) in [6.45, 7) is 8.11. The van der Waals surface area contributed by atoms with Gasteiger partial charge in [0.1, 0.15) is 5.75 Å². The third kappa shape index (κ3) is 4.78. The van der Waals surface area contributed by atoms with Gasteiger partial charge < -0.3 is 4.74 Å². The summed E-state index contributed by atoms with van der Waals surface area (Å²) in [6.07, 6.45) is 0. The van der Waals surface area contributed by atoms with E-state index in [1.165, 1.54) is 18.2 Å². The number of ether oxygens (including phenoxy) is 1. The van der Waals surface area contributed by atoms with E-state index in [4.69, 9.17) is 27.9 Å². The van der Waals surface area contributed by atoms with Crippen molar-refractivity contribution in [3.63, 3.8) is 0 Å². The van der Waals surface area contributed by atoms with E-state index in [1.807, 2.05) is 39.0 Å². The molecule has 1 atom stereocenters. The van der Waals surface area contributed by atoms with Crippen LogP contribution in [0, 0.1) is 13.8 Å². The van der Waals surface area contributed by atoms with E-state index in [0.29, 0.717) is 18.1 Å². The van der Waals surface area contributed by atoms with E-state index < -0.39 is 16.1 Å². The zero-order valence-corrected chi connectivity index (χ0v) is 19.3. The summed E-state index contributed by atoms with van der Waals surface area (Å²) < 4.78 is 35.7. The van der Waals surface area contributed by atoms with Gasteiger partial charge >= 0.3 is 6.01 Å². The number of hydrogen-bond donors (Lipinski definition) is 1. The third-order valence-electron chi connectivity index (χ3n) is 4.67. The Bertz CT molecular complexity index is 1180. The quantitative estimate of drug-likeness (QED) is 0.523. The molecule has 0 aliphatic heterocycles. The largest absolute Gasteiger partial charge is 0.424 e. The lowest BCUT2D eigenvalue weighted by Gasteiger charge is -2.16. The fourth-order valence-electron chi connectivity index (χ4n) is 2.87. The Morgan fingerprint density at radius 3 is 2.43 bits per heavy atom. The zero-order valence-electron chi connectivity index (χ0n) is 17.0. The van der Waals surface area contributed by atoms with Gasteiger partial charge in [0.15, 0.2) is 5.82 Å². The van der Waals surface area contributed by atoms with Crippen LogP contribution < -0.4 is 9.46 Å². The first-order chi connectivity index (χ1) is 14.1. The average molecular weight is 469 g/mol. The minimum absolute atomic E-state index is 0.0120. The summed E-state index contributed by atoms with van der Waals surface area (Å²) in [5.41, 5.74) is 2.25. The molecule has 0 aliphatic carbocycles. The molecule has 0 fully saturated rings. The zero-order chi connectivity index (χ0) is 22.1. The first-order valence-corrected chi connectivity index (χ1v) is 11.5. The molecule has 1 heterocycles. The molecule has 160 valence electrons.